The van der Waals surface area contributed by atoms with Crippen molar-refractivity contribution in [1.82, 2.24) is 0 Å². The second kappa shape index (κ2) is 4.31. The summed E-state index contributed by atoms with van der Waals surface area (Å²) in [5.74, 6) is -0.490. The van der Waals surface area contributed by atoms with Crippen LogP contribution in [-0.4, -0.2) is 5.91 Å². The minimum Gasteiger partial charge on any atom is -0.396 e. The third-order valence-corrected chi connectivity index (χ3v) is 3.53. The fraction of sp³-hybridized carbons (Fsp3) is 0.133. The van der Waals surface area contributed by atoms with Crippen LogP contribution < -0.4 is 16.4 Å². The van der Waals surface area contributed by atoms with Gasteiger partial charge in [-0.05, 0) is 23.3 Å². The van der Waals surface area contributed by atoms with Crippen molar-refractivity contribution in [2.45, 2.75) is 13.1 Å². The third-order valence-electron chi connectivity index (χ3n) is 3.53. The van der Waals surface area contributed by atoms with E-state index >= 15 is 0 Å². The van der Waals surface area contributed by atoms with Gasteiger partial charge in [0.05, 0.1) is 16.9 Å². The molecule has 0 bridgehead atoms. The number of fused-ring (bicyclic) bond motifs is 1. The summed E-state index contributed by atoms with van der Waals surface area (Å²) in [7, 11) is 0. The topological polar surface area (TPSA) is 72.4 Å². The van der Waals surface area contributed by atoms with Crippen LogP contribution in [0.15, 0.2) is 42.5 Å². The number of hydrogen-bond acceptors (Lipinski definition) is 3. The van der Waals surface area contributed by atoms with E-state index in [1.165, 1.54) is 11.1 Å². The summed E-state index contributed by atoms with van der Waals surface area (Å²) in [4.78, 5) is 13.5. The van der Waals surface area contributed by atoms with Gasteiger partial charge in [0.25, 0.3) is 5.91 Å². The highest BCUT2D eigenvalue weighted by Crippen LogP contribution is 2.33. The highest BCUT2D eigenvalue weighted by molar-refractivity contribution is 6.00. The lowest BCUT2D eigenvalue weighted by Gasteiger charge is -2.20. The Morgan fingerprint density at radius 2 is 1.63 bits per heavy atom. The number of benzene rings is 2. The predicted molar refractivity (Wildman–Crippen MR) is 75.7 cm³/mol. The largest absolute Gasteiger partial charge is 0.396 e. The van der Waals surface area contributed by atoms with Crippen LogP contribution in [0.25, 0.3) is 0 Å². The Kier molecular flexibility index (Phi) is 2.63. The average Bonchev–Trinajstić information content (AvgIpc) is 2.82. The van der Waals surface area contributed by atoms with Crippen molar-refractivity contribution in [3.05, 3.63) is 59.2 Å². The van der Waals surface area contributed by atoms with Gasteiger partial charge in [-0.25, -0.2) is 0 Å². The van der Waals surface area contributed by atoms with Crippen LogP contribution in [0, 0.1) is 0 Å². The average molecular weight is 253 g/mol. The zero-order valence-electron chi connectivity index (χ0n) is 10.5. The molecule has 0 aliphatic carbocycles. The second-order valence-corrected chi connectivity index (χ2v) is 4.73. The SMILES string of the molecule is NC(=O)c1cccc(N2Cc3ccccc3C2)c1N. The van der Waals surface area contributed by atoms with Gasteiger partial charge in [-0.3, -0.25) is 4.79 Å². The van der Waals surface area contributed by atoms with Crippen molar-refractivity contribution in [2.75, 3.05) is 10.6 Å². The van der Waals surface area contributed by atoms with E-state index in [9.17, 15) is 4.79 Å². The molecule has 0 saturated heterocycles. The molecule has 0 fully saturated rings. The van der Waals surface area contributed by atoms with Crippen LogP contribution in [0.3, 0.4) is 0 Å². The molecule has 1 aliphatic rings. The van der Waals surface area contributed by atoms with E-state index in [0.29, 0.717) is 11.3 Å². The van der Waals surface area contributed by atoms with Crippen molar-refractivity contribution >= 4 is 17.3 Å². The molecule has 0 saturated carbocycles. The van der Waals surface area contributed by atoms with Gasteiger partial charge >= 0.3 is 0 Å². The highest BCUT2D eigenvalue weighted by Gasteiger charge is 2.21. The number of amides is 1. The van der Waals surface area contributed by atoms with Crippen LogP contribution in [0.1, 0.15) is 21.5 Å². The molecule has 1 aliphatic heterocycles. The Bertz CT molecular complexity index is 627. The molecule has 2 aromatic rings. The maximum atomic E-state index is 11.3. The summed E-state index contributed by atoms with van der Waals surface area (Å²) in [6.45, 7) is 1.62. The van der Waals surface area contributed by atoms with Gasteiger partial charge < -0.3 is 16.4 Å². The molecule has 0 unspecified atom stereocenters. The number of nitrogens with two attached hydrogens (primary N) is 2. The van der Waals surface area contributed by atoms with Gasteiger partial charge in [-0.2, -0.15) is 0 Å². The van der Waals surface area contributed by atoms with Crippen LogP contribution in [0.4, 0.5) is 11.4 Å². The number of carbonyl (C=O) groups excluding carboxylic acids is 1. The van der Waals surface area contributed by atoms with Crippen molar-refractivity contribution in [3.8, 4) is 0 Å². The number of primary amides is 1. The van der Waals surface area contributed by atoms with Crippen molar-refractivity contribution in [1.29, 1.82) is 0 Å². The van der Waals surface area contributed by atoms with E-state index < -0.39 is 5.91 Å². The third kappa shape index (κ3) is 1.91. The fourth-order valence-corrected chi connectivity index (χ4v) is 2.55. The van der Waals surface area contributed by atoms with Gasteiger partial charge in [0, 0.05) is 13.1 Å². The molecule has 96 valence electrons. The van der Waals surface area contributed by atoms with E-state index in [2.05, 4.69) is 17.0 Å². The summed E-state index contributed by atoms with van der Waals surface area (Å²) in [6, 6.07) is 13.7. The summed E-state index contributed by atoms with van der Waals surface area (Å²) < 4.78 is 0. The molecule has 19 heavy (non-hydrogen) atoms. The lowest BCUT2D eigenvalue weighted by Crippen LogP contribution is -2.19. The zero-order chi connectivity index (χ0) is 13.4. The Morgan fingerprint density at radius 3 is 2.21 bits per heavy atom. The van der Waals surface area contributed by atoms with Crippen molar-refractivity contribution in [2.24, 2.45) is 5.73 Å². The quantitative estimate of drug-likeness (QED) is 0.803. The highest BCUT2D eigenvalue weighted by atomic mass is 16.1. The first-order valence-corrected chi connectivity index (χ1v) is 6.17. The van der Waals surface area contributed by atoms with Crippen LogP contribution >= 0.6 is 0 Å². The summed E-state index contributed by atoms with van der Waals surface area (Å²) in [5, 5.41) is 0. The molecule has 3 rings (SSSR count). The number of nitrogens with zero attached hydrogens (tertiary/aromatic N) is 1. The Labute approximate surface area is 111 Å². The maximum absolute atomic E-state index is 11.3. The fourth-order valence-electron chi connectivity index (χ4n) is 2.55. The van der Waals surface area contributed by atoms with Gasteiger partial charge in [0.15, 0.2) is 0 Å². The van der Waals surface area contributed by atoms with Gasteiger partial charge in [-0.1, -0.05) is 30.3 Å². The molecule has 4 N–H and O–H groups in total. The lowest BCUT2D eigenvalue weighted by molar-refractivity contribution is 0.100. The smallest absolute Gasteiger partial charge is 0.250 e. The number of carbonyl (C=O) groups is 1. The molecule has 0 atom stereocenters. The number of nitrogen functional groups attached to an aromatic ring is 1. The van der Waals surface area contributed by atoms with Gasteiger partial charge in [0.2, 0.25) is 0 Å². The molecular weight excluding hydrogens is 238 g/mol. The molecule has 0 spiro atoms. The van der Waals surface area contributed by atoms with E-state index in [0.717, 1.165) is 18.8 Å². The van der Waals surface area contributed by atoms with Crippen LogP contribution in [0.5, 0.6) is 0 Å². The lowest BCUT2D eigenvalue weighted by atomic mass is 10.1. The van der Waals surface area contributed by atoms with Gasteiger partial charge in [0.1, 0.15) is 0 Å². The predicted octanol–water partition coefficient (Wildman–Crippen LogP) is 1.89. The minimum absolute atomic E-state index is 0.383. The molecule has 2 aromatic carbocycles. The van der Waals surface area contributed by atoms with E-state index in [-0.39, 0.29) is 0 Å². The molecular formula is C15H15N3O. The van der Waals surface area contributed by atoms with Crippen LogP contribution in [0.2, 0.25) is 0 Å². The monoisotopic (exact) mass is 253 g/mol. The molecule has 4 heteroatoms. The Morgan fingerprint density at radius 1 is 1.00 bits per heavy atom. The number of para-hydroxylation sites is 1. The Balaban J connectivity index is 1.98. The number of hydrogen-bond donors (Lipinski definition) is 2. The Hall–Kier alpha value is -2.49. The van der Waals surface area contributed by atoms with E-state index in [4.69, 9.17) is 11.5 Å². The summed E-state index contributed by atoms with van der Waals surface area (Å²) in [6.07, 6.45) is 0. The maximum Gasteiger partial charge on any atom is 0.250 e. The van der Waals surface area contributed by atoms with Gasteiger partial charge in [-0.15, -0.1) is 0 Å². The van der Waals surface area contributed by atoms with Crippen molar-refractivity contribution < 1.29 is 4.79 Å². The molecule has 0 radical (unpaired) electrons. The molecule has 4 nitrogen and oxygen atoms in total. The summed E-state index contributed by atoms with van der Waals surface area (Å²) in [5.41, 5.74) is 15.7. The van der Waals surface area contributed by atoms with Crippen molar-refractivity contribution in [3.63, 3.8) is 0 Å². The summed E-state index contributed by atoms with van der Waals surface area (Å²) >= 11 is 0. The second-order valence-electron chi connectivity index (χ2n) is 4.73. The zero-order valence-corrected chi connectivity index (χ0v) is 10.5. The molecule has 1 heterocycles. The first kappa shape index (κ1) is 11.6. The normalized spacial score (nSPS) is 13.4. The minimum atomic E-state index is -0.490. The number of anilines is 2. The molecule has 1 amide bonds. The standard InChI is InChI=1S/C15H15N3O/c16-14-12(15(17)19)6-3-7-13(14)18-8-10-4-1-2-5-11(10)9-18/h1-7H,8-9,16H2,(H2,17,19). The van der Waals surface area contributed by atoms with Crippen LogP contribution in [-0.2, 0) is 13.1 Å². The van der Waals surface area contributed by atoms with E-state index in [1.54, 1.807) is 6.07 Å². The van der Waals surface area contributed by atoms with E-state index in [1.807, 2.05) is 24.3 Å². The molecule has 0 aromatic heterocycles. The first-order chi connectivity index (χ1) is 9.16. The number of rotatable bonds is 2. The first-order valence-electron chi connectivity index (χ1n) is 6.17.